The van der Waals surface area contributed by atoms with Crippen LogP contribution >= 0.6 is 11.6 Å². The minimum Gasteiger partial charge on any atom is -0.376 e. The standard InChI is InChI=1S/C20H23ClN2O4S/c1-28(25,26)23(14-15-4-8-17(21)9-5-15)18-10-6-16(7-11-18)20(24)22-13-19-3-2-12-27-19/h4-11,19H,2-3,12-14H2,1H3,(H,22,24)/t19-/m1/s1. The van der Waals surface area contributed by atoms with E-state index in [1.807, 2.05) is 0 Å². The van der Waals surface area contributed by atoms with E-state index in [1.54, 1.807) is 48.5 Å². The maximum atomic E-state index is 12.3. The van der Waals surface area contributed by atoms with Crippen molar-refractivity contribution < 1.29 is 17.9 Å². The van der Waals surface area contributed by atoms with Gasteiger partial charge in [-0.05, 0) is 54.8 Å². The SMILES string of the molecule is CS(=O)(=O)N(Cc1ccc(Cl)cc1)c1ccc(C(=O)NC[C@H]2CCCO2)cc1. The fraction of sp³-hybridized carbons (Fsp3) is 0.350. The number of halogens is 1. The lowest BCUT2D eigenvalue weighted by Gasteiger charge is -2.23. The smallest absolute Gasteiger partial charge is 0.251 e. The molecule has 1 heterocycles. The van der Waals surface area contributed by atoms with Gasteiger partial charge in [0.1, 0.15) is 0 Å². The molecule has 1 fully saturated rings. The molecule has 1 saturated heterocycles. The number of nitrogens with one attached hydrogen (secondary N) is 1. The van der Waals surface area contributed by atoms with Gasteiger partial charge in [-0.3, -0.25) is 9.10 Å². The Morgan fingerprint density at radius 2 is 1.86 bits per heavy atom. The number of ether oxygens (including phenoxy) is 1. The molecule has 0 aromatic heterocycles. The molecule has 150 valence electrons. The fourth-order valence-corrected chi connectivity index (χ4v) is 4.06. The molecule has 1 atom stereocenters. The van der Waals surface area contributed by atoms with Gasteiger partial charge in [-0.1, -0.05) is 23.7 Å². The Morgan fingerprint density at radius 1 is 1.18 bits per heavy atom. The van der Waals surface area contributed by atoms with E-state index >= 15 is 0 Å². The van der Waals surface area contributed by atoms with E-state index < -0.39 is 10.0 Å². The Bertz CT molecular complexity index is 908. The molecule has 2 aromatic carbocycles. The molecule has 0 aliphatic carbocycles. The lowest BCUT2D eigenvalue weighted by atomic mass is 10.1. The maximum absolute atomic E-state index is 12.3. The molecular weight excluding hydrogens is 400 g/mol. The van der Waals surface area contributed by atoms with Crippen molar-refractivity contribution >= 4 is 33.2 Å². The Morgan fingerprint density at radius 3 is 2.43 bits per heavy atom. The first-order chi connectivity index (χ1) is 13.3. The zero-order valence-electron chi connectivity index (χ0n) is 15.6. The predicted molar refractivity (Wildman–Crippen MR) is 110 cm³/mol. The molecule has 1 aliphatic heterocycles. The summed E-state index contributed by atoms with van der Waals surface area (Å²) in [4.78, 5) is 12.3. The molecule has 6 nitrogen and oxygen atoms in total. The highest BCUT2D eigenvalue weighted by Gasteiger charge is 2.19. The second-order valence-corrected chi connectivity index (χ2v) is 9.13. The van der Waals surface area contributed by atoms with Gasteiger partial charge in [0, 0.05) is 23.7 Å². The summed E-state index contributed by atoms with van der Waals surface area (Å²) < 4.78 is 31.3. The third-order valence-electron chi connectivity index (χ3n) is 4.57. The van der Waals surface area contributed by atoms with Crippen LogP contribution < -0.4 is 9.62 Å². The number of nitrogens with zero attached hydrogens (tertiary/aromatic N) is 1. The molecule has 1 N–H and O–H groups in total. The molecular formula is C20H23ClN2O4S. The van der Waals surface area contributed by atoms with Crippen molar-refractivity contribution in [2.45, 2.75) is 25.5 Å². The summed E-state index contributed by atoms with van der Waals surface area (Å²) in [5, 5.41) is 3.45. The molecule has 2 aromatic rings. The number of hydrogen-bond acceptors (Lipinski definition) is 4. The van der Waals surface area contributed by atoms with Gasteiger partial charge >= 0.3 is 0 Å². The van der Waals surface area contributed by atoms with Gasteiger partial charge in [-0.15, -0.1) is 0 Å². The highest BCUT2D eigenvalue weighted by molar-refractivity contribution is 7.92. The number of carbonyl (C=O) groups excluding carboxylic acids is 1. The zero-order valence-corrected chi connectivity index (χ0v) is 17.2. The van der Waals surface area contributed by atoms with Gasteiger partial charge < -0.3 is 10.1 Å². The average Bonchev–Trinajstić information content (AvgIpc) is 3.18. The molecule has 0 saturated carbocycles. The molecule has 1 amide bonds. The van der Waals surface area contributed by atoms with Gasteiger partial charge in [0.2, 0.25) is 10.0 Å². The zero-order chi connectivity index (χ0) is 20.1. The van der Waals surface area contributed by atoms with Crippen LogP contribution in [0.4, 0.5) is 5.69 Å². The van der Waals surface area contributed by atoms with E-state index in [4.69, 9.17) is 16.3 Å². The average molecular weight is 423 g/mol. The van der Waals surface area contributed by atoms with Gasteiger partial charge in [0.25, 0.3) is 5.91 Å². The summed E-state index contributed by atoms with van der Waals surface area (Å²) in [5.41, 5.74) is 1.78. The highest BCUT2D eigenvalue weighted by atomic mass is 35.5. The van der Waals surface area contributed by atoms with Crippen molar-refractivity contribution in [1.29, 1.82) is 0 Å². The number of benzene rings is 2. The van der Waals surface area contributed by atoms with Crippen molar-refractivity contribution in [3.05, 3.63) is 64.7 Å². The molecule has 1 aliphatic rings. The molecule has 0 radical (unpaired) electrons. The van der Waals surface area contributed by atoms with E-state index in [0.29, 0.717) is 22.8 Å². The van der Waals surface area contributed by atoms with Crippen LogP contribution in [-0.2, 0) is 21.3 Å². The monoisotopic (exact) mass is 422 g/mol. The van der Waals surface area contributed by atoms with Crippen molar-refractivity contribution in [2.75, 3.05) is 23.7 Å². The van der Waals surface area contributed by atoms with Crippen LogP contribution in [0.2, 0.25) is 5.02 Å². The minimum atomic E-state index is -3.50. The third-order valence-corrected chi connectivity index (χ3v) is 5.96. The Hall–Kier alpha value is -2.09. The number of amides is 1. The fourth-order valence-electron chi connectivity index (χ4n) is 3.05. The molecule has 0 unspecified atom stereocenters. The first kappa shape index (κ1) is 20.6. The maximum Gasteiger partial charge on any atom is 0.251 e. The van der Waals surface area contributed by atoms with E-state index in [9.17, 15) is 13.2 Å². The predicted octanol–water partition coefficient (Wildman–Crippen LogP) is 3.22. The number of hydrogen-bond donors (Lipinski definition) is 1. The topological polar surface area (TPSA) is 75.7 Å². The normalized spacial score (nSPS) is 16.7. The summed E-state index contributed by atoms with van der Waals surface area (Å²) in [5.74, 6) is -0.203. The van der Waals surface area contributed by atoms with Crippen molar-refractivity contribution in [1.82, 2.24) is 5.32 Å². The van der Waals surface area contributed by atoms with Crippen molar-refractivity contribution in [3.8, 4) is 0 Å². The van der Waals surface area contributed by atoms with Gasteiger partial charge in [0.15, 0.2) is 0 Å². The third kappa shape index (κ3) is 5.47. The lowest BCUT2D eigenvalue weighted by Crippen LogP contribution is -2.32. The Labute approximate surface area is 170 Å². The summed E-state index contributed by atoms with van der Waals surface area (Å²) in [6, 6.07) is 13.5. The van der Waals surface area contributed by atoms with Gasteiger partial charge in [-0.2, -0.15) is 0 Å². The second-order valence-electron chi connectivity index (χ2n) is 6.79. The molecule has 0 bridgehead atoms. The van der Waals surface area contributed by atoms with E-state index in [-0.39, 0.29) is 18.6 Å². The number of anilines is 1. The van der Waals surface area contributed by atoms with Crippen LogP contribution in [-0.4, -0.2) is 39.8 Å². The van der Waals surface area contributed by atoms with Crippen LogP contribution in [0.3, 0.4) is 0 Å². The summed E-state index contributed by atoms with van der Waals surface area (Å²) in [6.45, 7) is 1.40. The first-order valence-electron chi connectivity index (χ1n) is 9.05. The van der Waals surface area contributed by atoms with E-state index in [1.165, 1.54) is 4.31 Å². The van der Waals surface area contributed by atoms with Crippen LogP contribution in [0, 0.1) is 0 Å². The van der Waals surface area contributed by atoms with Crippen molar-refractivity contribution in [3.63, 3.8) is 0 Å². The summed E-state index contributed by atoms with van der Waals surface area (Å²) in [7, 11) is -3.50. The van der Waals surface area contributed by atoms with Crippen LogP contribution in [0.15, 0.2) is 48.5 Å². The number of rotatable bonds is 7. The van der Waals surface area contributed by atoms with Gasteiger partial charge in [0.05, 0.1) is 24.6 Å². The van der Waals surface area contributed by atoms with Crippen molar-refractivity contribution in [2.24, 2.45) is 0 Å². The van der Waals surface area contributed by atoms with E-state index in [0.717, 1.165) is 31.3 Å². The van der Waals surface area contributed by atoms with Crippen LogP contribution in [0.5, 0.6) is 0 Å². The number of carbonyl (C=O) groups is 1. The number of sulfonamides is 1. The molecule has 0 spiro atoms. The summed E-state index contributed by atoms with van der Waals surface area (Å²) >= 11 is 5.89. The minimum absolute atomic E-state index is 0.0725. The summed E-state index contributed by atoms with van der Waals surface area (Å²) in [6.07, 6.45) is 3.20. The lowest BCUT2D eigenvalue weighted by molar-refractivity contribution is 0.0858. The Kier molecular flexibility index (Phi) is 6.59. The highest BCUT2D eigenvalue weighted by Crippen LogP contribution is 2.22. The molecule has 28 heavy (non-hydrogen) atoms. The molecule has 8 heteroatoms. The quantitative estimate of drug-likeness (QED) is 0.743. The first-order valence-corrected chi connectivity index (χ1v) is 11.3. The second kappa shape index (κ2) is 8.94. The molecule has 3 rings (SSSR count). The van der Waals surface area contributed by atoms with E-state index in [2.05, 4.69) is 5.32 Å². The van der Waals surface area contributed by atoms with Crippen LogP contribution in [0.1, 0.15) is 28.8 Å². The van der Waals surface area contributed by atoms with Gasteiger partial charge in [-0.25, -0.2) is 8.42 Å². The Balaban J connectivity index is 1.70. The van der Waals surface area contributed by atoms with Crippen LogP contribution in [0.25, 0.3) is 0 Å². The largest absolute Gasteiger partial charge is 0.376 e.